The Bertz CT molecular complexity index is 485. The maximum atomic E-state index is 12.4. The number of hydrogen-bond acceptors (Lipinski definition) is 9. The van der Waals surface area contributed by atoms with E-state index in [1.165, 1.54) is 14.2 Å². The second kappa shape index (κ2) is 15.2. The molecule has 0 aromatic carbocycles. The highest BCUT2D eigenvalue weighted by atomic mass is 31.2. The van der Waals surface area contributed by atoms with E-state index < -0.39 is 23.4 Å². The van der Waals surface area contributed by atoms with Gasteiger partial charge in [-0.25, -0.2) is 0 Å². The van der Waals surface area contributed by atoms with Gasteiger partial charge in [0.25, 0.3) is 0 Å². The topological polar surface area (TPSA) is 107 Å². The summed E-state index contributed by atoms with van der Waals surface area (Å²) in [4.78, 5) is 0. The Hall–Kier alpha value is 0.320. The van der Waals surface area contributed by atoms with Crippen LogP contribution < -0.4 is 0 Å². The molecule has 4 atom stereocenters. The van der Waals surface area contributed by atoms with Crippen LogP contribution in [0.2, 0.25) is 0 Å². The molecule has 0 saturated carbocycles. The Morgan fingerprint density at radius 3 is 1.36 bits per heavy atom. The first-order valence-corrected chi connectivity index (χ1v) is 14.1. The van der Waals surface area contributed by atoms with Crippen molar-refractivity contribution < 1.29 is 40.8 Å². The van der Waals surface area contributed by atoms with Crippen LogP contribution in [0.1, 0.15) is 40.5 Å². The molecule has 0 bridgehead atoms. The summed E-state index contributed by atoms with van der Waals surface area (Å²) in [6.45, 7) is 8.10. The maximum absolute atomic E-state index is 12.4. The number of hydrogen-bond donors (Lipinski definition) is 0. The van der Waals surface area contributed by atoms with Gasteiger partial charge in [-0.3, -0.25) is 9.13 Å². The van der Waals surface area contributed by atoms with Crippen molar-refractivity contribution in [3.63, 3.8) is 0 Å². The van der Waals surface area contributed by atoms with Crippen molar-refractivity contribution in [2.75, 3.05) is 53.0 Å². The molecule has 12 heteroatoms. The molecule has 168 valence electrons. The van der Waals surface area contributed by atoms with Gasteiger partial charge in [-0.05, 0) is 25.7 Å². The van der Waals surface area contributed by atoms with Crippen LogP contribution in [0.3, 0.4) is 0 Å². The molecule has 0 aliphatic rings. The monoisotopic (exact) mass is 465 g/mol. The molecule has 28 heavy (non-hydrogen) atoms. The van der Waals surface area contributed by atoms with E-state index in [2.05, 4.69) is 0 Å². The van der Waals surface area contributed by atoms with Crippen LogP contribution in [0, 0.1) is 11.8 Å². The highest BCUT2D eigenvalue weighted by Crippen LogP contribution is 2.50. The van der Waals surface area contributed by atoms with E-state index in [9.17, 15) is 13.7 Å². The average Bonchev–Trinajstić information content (AvgIpc) is 2.68. The van der Waals surface area contributed by atoms with E-state index in [1.54, 1.807) is 13.8 Å². The van der Waals surface area contributed by atoms with Crippen molar-refractivity contribution >= 4 is 23.4 Å². The quantitative estimate of drug-likeness (QED) is 0.243. The van der Waals surface area contributed by atoms with Gasteiger partial charge < -0.3 is 18.1 Å². The van der Waals surface area contributed by atoms with Crippen LogP contribution in [0.15, 0.2) is 0 Å². The largest absolute Gasteiger partial charge is 0.697 e. The summed E-state index contributed by atoms with van der Waals surface area (Å²) < 4.78 is 67.9. The van der Waals surface area contributed by atoms with E-state index in [0.29, 0.717) is 12.8 Å². The lowest BCUT2D eigenvalue weighted by atomic mass is 10.1. The molecule has 0 aromatic heterocycles. The van der Waals surface area contributed by atoms with Crippen molar-refractivity contribution in [1.82, 2.24) is 0 Å². The molecule has 0 heterocycles. The summed E-state index contributed by atoms with van der Waals surface area (Å²) in [6, 6.07) is 0. The standard InChI is InChI=1S/C16H36O9P3/c1-7-15(13-27(18,20-5)24-9-3)11-22-26(17)23-12-16(8-2)14-28(19,21-6)25-10-4/h15-16H,7-14H2,1-6H3/q+1. The zero-order valence-electron chi connectivity index (χ0n) is 17.8. The molecule has 0 aliphatic carbocycles. The van der Waals surface area contributed by atoms with Gasteiger partial charge in [-0.15, -0.1) is 9.05 Å². The van der Waals surface area contributed by atoms with Crippen LogP contribution in [-0.2, 0) is 40.8 Å². The van der Waals surface area contributed by atoms with Gasteiger partial charge in [-0.1, -0.05) is 26.7 Å². The molecule has 0 spiro atoms. The van der Waals surface area contributed by atoms with Crippen LogP contribution >= 0.6 is 23.4 Å². The predicted octanol–water partition coefficient (Wildman–Crippen LogP) is 5.48. The van der Waals surface area contributed by atoms with E-state index >= 15 is 0 Å². The molecule has 0 rings (SSSR count). The van der Waals surface area contributed by atoms with Gasteiger partial charge in [0.05, 0.1) is 25.5 Å². The summed E-state index contributed by atoms with van der Waals surface area (Å²) >= 11 is 0. The third-order valence-corrected chi connectivity index (χ3v) is 9.22. The SMILES string of the molecule is CCOP(=O)(CC(CC)CO[P+](=O)OCC(CC)CP(=O)(OC)OCC)OC. The Morgan fingerprint density at radius 1 is 0.750 bits per heavy atom. The predicted molar refractivity (Wildman–Crippen MR) is 109 cm³/mol. The summed E-state index contributed by atoms with van der Waals surface area (Å²) in [5, 5.41) is 0. The van der Waals surface area contributed by atoms with Crippen LogP contribution in [-0.4, -0.2) is 53.0 Å². The number of rotatable bonds is 18. The molecular formula is C16H36O9P3+. The second-order valence-electron chi connectivity index (χ2n) is 6.15. The van der Waals surface area contributed by atoms with Crippen LogP contribution in [0.4, 0.5) is 0 Å². The highest BCUT2D eigenvalue weighted by Gasteiger charge is 2.32. The van der Waals surface area contributed by atoms with Crippen molar-refractivity contribution in [3.8, 4) is 0 Å². The normalized spacial score (nSPS) is 18.9. The van der Waals surface area contributed by atoms with E-state index in [-0.39, 0.29) is 50.6 Å². The van der Waals surface area contributed by atoms with E-state index in [1.807, 2.05) is 13.8 Å². The van der Waals surface area contributed by atoms with Crippen LogP contribution in [0.25, 0.3) is 0 Å². The van der Waals surface area contributed by atoms with Gasteiger partial charge in [-0.2, -0.15) is 0 Å². The van der Waals surface area contributed by atoms with Crippen molar-refractivity contribution in [3.05, 3.63) is 0 Å². The lowest BCUT2D eigenvalue weighted by molar-refractivity contribution is 0.173. The second-order valence-corrected chi connectivity index (χ2v) is 11.5. The lowest BCUT2D eigenvalue weighted by Gasteiger charge is -2.20. The minimum atomic E-state index is -3.18. The fourth-order valence-corrected chi connectivity index (χ4v) is 6.59. The molecule has 0 radical (unpaired) electrons. The first kappa shape index (κ1) is 28.3. The Morgan fingerprint density at radius 2 is 1.11 bits per heavy atom. The Balaban J connectivity index is 4.51. The summed E-state index contributed by atoms with van der Waals surface area (Å²) in [7, 11) is -6.02. The van der Waals surface area contributed by atoms with Gasteiger partial charge >= 0.3 is 23.4 Å². The van der Waals surface area contributed by atoms with Gasteiger partial charge in [0.15, 0.2) is 0 Å². The molecule has 4 unspecified atom stereocenters. The fraction of sp³-hybridized carbons (Fsp3) is 1.00. The highest BCUT2D eigenvalue weighted by molar-refractivity contribution is 7.54. The maximum Gasteiger partial charge on any atom is 0.697 e. The summed E-state index contributed by atoms with van der Waals surface area (Å²) in [5.41, 5.74) is 0. The van der Waals surface area contributed by atoms with Crippen LogP contribution in [0.5, 0.6) is 0 Å². The van der Waals surface area contributed by atoms with Crippen molar-refractivity contribution in [2.24, 2.45) is 11.8 Å². The third-order valence-electron chi connectivity index (χ3n) is 4.16. The summed E-state index contributed by atoms with van der Waals surface area (Å²) in [6.07, 6.45) is 1.68. The van der Waals surface area contributed by atoms with Gasteiger partial charge in [0, 0.05) is 18.8 Å². The van der Waals surface area contributed by atoms with Crippen molar-refractivity contribution in [1.29, 1.82) is 0 Å². The molecule has 0 aliphatic heterocycles. The zero-order chi connectivity index (χ0) is 21.6. The Kier molecular flexibility index (Phi) is 15.3. The minimum Gasteiger partial charge on any atom is -0.312 e. The molecule has 0 fully saturated rings. The molecule has 0 aromatic rings. The first-order chi connectivity index (χ1) is 13.2. The zero-order valence-corrected chi connectivity index (χ0v) is 20.5. The summed E-state index contributed by atoms with van der Waals surface area (Å²) in [5.74, 6) is -0.290. The average molecular weight is 465 g/mol. The van der Waals surface area contributed by atoms with Gasteiger partial charge in [0.2, 0.25) is 0 Å². The van der Waals surface area contributed by atoms with E-state index in [0.717, 1.165) is 0 Å². The third kappa shape index (κ3) is 11.5. The van der Waals surface area contributed by atoms with Crippen molar-refractivity contribution in [2.45, 2.75) is 40.5 Å². The molecule has 0 saturated heterocycles. The molecule has 0 amide bonds. The smallest absolute Gasteiger partial charge is 0.312 e. The van der Waals surface area contributed by atoms with E-state index in [4.69, 9.17) is 27.1 Å². The lowest BCUT2D eigenvalue weighted by Crippen LogP contribution is -2.15. The van der Waals surface area contributed by atoms with Gasteiger partial charge in [0.1, 0.15) is 13.2 Å². The minimum absolute atomic E-state index is 0.110. The molecule has 9 nitrogen and oxygen atoms in total. The first-order valence-electron chi connectivity index (χ1n) is 9.52. The fourth-order valence-electron chi connectivity index (χ4n) is 2.35. The molecular weight excluding hydrogens is 429 g/mol. The Labute approximate surface area is 170 Å². The molecule has 0 N–H and O–H groups in total.